The van der Waals surface area contributed by atoms with E-state index in [0.717, 1.165) is 5.39 Å². The van der Waals surface area contributed by atoms with E-state index in [-0.39, 0.29) is 0 Å². The summed E-state index contributed by atoms with van der Waals surface area (Å²) in [4.78, 5) is 15.2. The Bertz CT molecular complexity index is 523. The van der Waals surface area contributed by atoms with Gasteiger partial charge >= 0.3 is 0 Å². The zero-order chi connectivity index (χ0) is 10.8. The molecule has 1 heterocycles. The molecule has 0 unspecified atom stereocenters. The van der Waals surface area contributed by atoms with Crippen LogP contribution in [-0.4, -0.2) is 18.0 Å². The maximum atomic E-state index is 11.0. The molecule has 2 N–H and O–H groups in total. The molecule has 0 aliphatic carbocycles. The number of carbonyl (C=O) groups excluding carboxylic acids is 1. The summed E-state index contributed by atoms with van der Waals surface area (Å²) in [6.07, 6.45) is 0. The summed E-state index contributed by atoms with van der Waals surface area (Å²) in [5.74, 6) is 0.0608. The first kappa shape index (κ1) is 9.45. The van der Waals surface area contributed by atoms with Gasteiger partial charge in [0.25, 0.3) is 0 Å². The number of rotatable bonds is 2. The first-order valence-electron chi connectivity index (χ1n) is 4.45. The number of ether oxygens (including phenoxy) is 1. The molecule has 0 saturated heterocycles. The Morgan fingerprint density at radius 1 is 1.33 bits per heavy atom. The van der Waals surface area contributed by atoms with Gasteiger partial charge in [-0.2, -0.15) is 0 Å². The van der Waals surface area contributed by atoms with Crippen LogP contribution in [0.1, 0.15) is 10.4 Å². The number of hydrogen-bond donors (Lipinski definition) is 1. The quantitative estimate of drug-likeness (QED) is 0.799. The molecule has 15 heavy (non-hydrogen) atoms. The van der Waals surface area contributed by atoms with Crippen molar-refractivity contribution in [2.75, 3.05) is 7.11 Å². The van der Waals surface area contributed by atoms with Crippen LogP contribution >= 0.6 is 0 Å². The van der Waals surface area contributed by atoms with Crippen LogP contribution in [0.25, 0.3) is 10.9 Å². The fourth-order valence-corrected chi connectivity index (χ4v) is 1.37. The highest BCUT2D eigenvalue weighted by molar-refractivity contribution is 5.96. The van der Waals surface area contributed by atoms with E-state index >= 15 is 0 Å². The van der Waals surface area contributed by atoms with E-state index < -0.39 is 5.91 Å². The molecule has 2 aromatic rings. The molecule has 76 valence electrons. The number of primary amides is 1. The normalized spacial score (nSPS) is 10.2. The molecule has 4 nitrogen and oxygen atoms in total. The van der Waals surface area contributed by atoms with Crippen molar-refractivity contribution >= 4 is 16.8 Å². The lowest BCUT2D eigenvalue weighted by atomic mass is 10.1. The number of benzene rings is 1. The summed E-state index contributed by atoms with van der Waals surface area (Å²) < 4.78 is 5.00. The van der Waals surface area contributed by atoms with E-state index in [9.17, 15) is 4.79 Å². The van der Waals surface area contributed by atoms with Crippen molar-refractivity contribution in [3.05, 3.63) is 35.9 Å². The van der Waals surface area contributed by atoms with Crippen molar-refractivity contribution < 1.29 is 9.53 Å². The Kier molecular flexibility index (Phi) is 2.25. The van der Waals surface area contributed by atoms with Crippen molar-refractivity contribution in [2.45, 2.75) is 0 Å². The van der Waals surface area contributed by atoms with E-state index in [1.165, 1.54) is 0 Å². The van der Waals surface area contributed by atoms with Crippen molar-refractivity contribution in [1.29, 1.82) is 0 Å². The van der Waals surface area contributed by atoms with Crippen LogP contribution in [-0.2, 0) is 0 Å². The molecule has 1 aromatic heterocycles. The summed E-state index contributed by atoms with van der Waals surface area (Å²) in [7, 11) is 1.55. The molecular formula is C11H10N2O2. The molecule has 0 fully saturated rings. The van der Waals surface area contributed by atoms with Crippen molar-refractivity contribution in [3.8, 4) is 5.88 Å². The Morgan fingerprint density at radius 3 is 2.73 bits per heavy atom. The molecule has 0 saturated carbocycles. The number of methoxy groups -OCH3 is 1. The van der Waals surface area contributed by atoms with E-state index in [2.05, 4.69) is 4.98 Å². The van der Waals surface area contributed by atoms with Gasteiger partial charge in [-0.05, 0) is 18.2 Å². The fourth-order valence-electron chi connectivity index (χ4n) is 1.37. The minimum absolute atomic E-state index is 0.447. The van der Waals surface area contributed by atoms with Gasteiger partial charge in [-0.3, -0.25) is 4.79 Å². The Morgan fingerprint density at radius 2 is 2.07 bits per heavy atom. The molecule has 0 bridgehead atoms. The fraction of sp³-hybridized carbons (Fsp3) is 0.0909. The number of hydrogen-bond acceptors (Lipinski definition) is 3. The summed E-state index contributed by atoms with van der Waals surface area (Å²) in [6.45, 7) is 0. The number of amides is 1. The second kappa shape index (κ2) is 3.57. The van der Waals surface area contributed by atoms with Crippen LogP contribution in [0.2, 0.25) is 0 Å². The second-order valence-electron chi connectivity index (χ2n) is 3.13. The van der Waals surface area contributed by atoms with E-state index in [0.29, 0.717) is 17.0 Å². The number of nitrogens with zero attached hydrogens (tertiary/aromatic N) is 1. The van der Waals surface area contributed by atoms with E-state index in [1.807, 2.05) is 12.1 Å². The first-order chi connectivity index (χ1) is 7.20. The number of pyridine rings is 1. The minimum atomic E-state index is -0.457. The van der Waals surface area contributed by atoms with Gasteiger partial charge in [0.15, 0.2) is 0 Å². The standard InChI is InChI=1S/C11H10N2O2/c1-15-10-5-4-7-2-3-8(11(12)14)6-9(7)13-10/h2-6H,1H3,(H2,12,14). The average Bonchev–Trinajstić information content (AvgIpc) is 2.27. The van der Waals surface area contributed by atoms with Crippen molar-refractivity contribution in [1.82, 2.24) is 4.98 Å². The highest BCUT2D eigenvalue weighted by Crippen LogP contribution is 2.17. The van der Waals surface area contributed by atoms with Crippen LogP contribution in [0.15, 0.2) is 30.3 Å². The second-order valence-corrected chi connectivity index (χ2v) is 3.13. The topological polar surface area (TPSA) is 65.2 Å². The van der Waals surface area contributed by atoms with E-state index in [1.54, 1.807) is 25.3 Å². The van der Waals surface area contributed by atoms with Gasteiger partial charge in [-0.15, -0.1) is 0 Å². The minimum Gasteiger partial charge on any atom is -0.481 e. The van der Waals surface area contributed by atoms with Crippen molar-refractivity contribution in [3.63, 3.8) is 0 Å². The first-order valence-corrected chi connectivity index (χ1v) is 4.45. The number of aromatic nitrogens is 1. The van der Waals surface area contributed by atoms with Gasteiger partial charge in [0, 0.05) is 17.0 Å². The van der Waals surface area contributed by atoms with Crippen LogP contribution in [0, 0.1) is 0 Å². The molecular weight excluding hydrogens is 192 g/mol. The molecule has 0 atom stereocenters. The van der Waals surface area contributed by atoms with Gasteiger partial charge in [-0.25, -0.2) is 4.98 Å². The maximum Gasteiger partial charge on any atom is 0.248 e. The SMILES string of the molecule is COc1ccc2ccc(C(N)=O)cc2n1. The molecule has 1 aromatic carbocycles. The Balaban J connectivity index is 2.62. The monoisotopic (exact) mass is 202 g/mol. The summed E-state index contributed by atoms with van der Waals surface area (Å²) >= 11 is 0. The van der Waals surface area contributed by atoms with Gasteiger partial charge in [0.1, 0.15) is 0 Å². The molecule has 1 amide bonds. The third-order valence-corrected chi connectivity index (χ3v) is 2.16. The summed E-state index contributed by atoms with van der Waals surface area (Å²) in [5.41, 5.74) is 6.32. The zero-order valence-electron chi connectivity index (χ0n) is 8.23. The lowest BCUT2D eigenvalue weighted by molar-refractivity contribution is 0.100. The molecule has 4 heteroatoms. The van der Waals surface area contributed by atoms with Crippen LogP contribution in [0.3, 0.4) is 0 Å². The molecule has 0 radical (unpaired) electrons. The Labute approximate surface area is 86.7 Å². The van der Waals surface area contributed by atoms with Gasteiger partial charge in [0.2, 0.25) is 11.8 Å². The molecule has 0 spiro atoms. The lowest BCUT2D eigenvalue weighted by Crippen LogP contribution is -2.10. The van der Waals surface area contributed by atoms with Crippen LogP contribution in [0.5, 0.6) is 5.88 Å². The number of carbonyl (C=O) groups is 1. The van der Waals surface area contributed by atoms with Crippen LogP contribution < -0.4 is 10.5 Å². The summed E-state index contributed by atoms with van der Waals surface area (Å²) in [6, 6.07) is 8.79. The van der Waals surface area contributed by atoms with Crippen molar-refractivity contribution in [2.24, 2.45) is 5.73 Å². The largest absolute Gasteiger partial charge is 0.481 e. The maximum absolute atomic E-state index is 11.0. The molecule has 0 aliphatic heterocycles. The highest BCUT2D eigenvalue weighted by Gasteiger charge is 2.03. The highest BCUT2D eigenvalue weighted by atomic mass is 16.5. The third-order valence-electron chi connectivity index (χ3n) is 2.16. The Hall–Kier alpha value is -2.10. The predicted molar refractivity (Wildman–Crippen MR) is 56.8 cm³/mol. The number of nitrogens with two attached hydrogens (primary N) is 1. The van der Waals surface area contributed by atoms with Crippen LogP contribution in [0.4, 0.5) is 0 Å². The predicted octanol–water partition coefficient (Wildman–Crippen LogP) is 1.34. The smallest absolute Gasteiger partial charge is 0.248 e. The zero-order valence-corrected chi connectivity index (χ0v) is 8.23. The molecule has 2 rings (SSSR count). The van der Waals surface area contributed by atoms with Gasteiger partial charge < -0.3 is 10.5 Å². The average molecular weight is 202 g/mol. The summed E-state index contributed by atoms with van der Waals surface area (Å²) in [5, 5.41) is 0.945. The van der Waals surface area contributed by atoms with E-state index in [4.69, 9.17) is 10.5 Å². The lowest BCUT2D eigenvalue weighted by Gasteiger charge is -2.02. The van der Waals surface area contributed by atoms with Gasteiger partial charge in [0.05, 0.1) is 12.6 Å². The van der Waals surface area contributed by atoms with Gasteiger partial charge in [-0.1, -0.05) is 6.07 Å². The third kappa shape index (κ3) is 1.74. The molecule has 0 aliphatic rings. The number of fused-ring (bicyclic) bond motifs is 1.